The summed E-state index contributed by atoms with van der Waals surface area (Å²) in [7, 11) is 0. The van der Waals surface area contributed by atoms with Crippen LogP contribution in [0.1, 0.15) is 27.2 Å². The molecule has 0 aromatic rings. The number of rotatable bonds is 1. The van der Waals surface area contributed by atoms with Crippen LogP contribution in [0.5, 0.6) is 0 Å². The molecule has 1 rings (SSSR count). The number of halogens is 2. The van der Waals surface area contributed by atoms with Gasteiger partial charge in [-0.3, -0.25) is 0 Å². The zero-order chi connectivity index (χ0) is 7.61. The fraction of sp³-hybridized carbons (Fsp3) is 0.556. The Morgan fingerprint density at radius 1 is 1.25 bits per heavy atom. The molecule has 0 atom stereocenters. The van der Waals surface area contributed by atoms with Gasteiger partial charge in [0.2, 0.25) is 0 Å². The average molecular weight is 241 g/mol. The molecule has 0 saturated heterocycles. The summed E-state index contributed by atoms with van der Waals surface area (Å²) in [6.07, 6.45) is 7.97. The van der Waals surface area contributed by atoms with Gasteiger partial charge in [-0.05, 0) is 0 Å². The zero-order valence-electron chi connectivity index (χ0n) is 7.70. The van der Waals surface area contributed by atoms with E-state index in [1.54, 1.807) is 3.88 Å². The van der Waals surface area contributed by atoms with Crippen LogP contribution in [0.25, 0.3) is 0 Å². The Morgan fingerprint density at radius 3 is 2.17 bits per heavy atom. The van der Waals surface area contributed by atoms with E-state index in [1.807, 2.05) is 0 Å². The van der Waals surface area contributed by atoms with Crippen LogP contribution in [0.15, 0.2) is 22.1 Å². The fourth-order valence-corrected chi connectivity index (χ4v) is 3.15. The Bertz CT molecular complexity index is 177. The quantitative estimate of drug-likeness (QED) is 0.433. The van der Waals surface area contributed by atoms with Gasteiger partial charge in [0.05, 0.1) is 0 Å². The molecule has 0 spiro atoms. The summed E-state index contributed by atoms with van der Waals surface area (Å²) in [6.45, 7) is 7.02. The molecule has 0 heterocycles. The Morgan fingerprint density at radius 2 is 1.83 bits per heavy atom. The largest absolute Gasteiger partial charge is 1.00 e. The second kappa shape index (κ2) is 6.26. The Kier molecular flexibility index (Phi) is 7.96. The minimum absolute atomic E-state index is 0. The molecule has 3 heteroatoms. The van der Waals surface area contributed by atoms with Crippen molar-refractivity contribution in [3.63, 3.8) is 0 Å². The van der Waals surface area contributed by atoms with Crippen LogP contribution in [-0.4, -0.2) is 0 Å². The molecule has 0 amide bonds. The molecule has 0 saturated carbocycles. The van der Waals surface area contributed by atoms with Gasteiger partial charge in [-0.2, -0.15) is 0 Å². The maximum absolute atomic E-state index is 2.34. The standard InChI is InChI=1S/C5H5.C4H9.2ClH.Ti/c1-2-4-5-3-1;1-4(2)3;;;/h1-3H,4H2;1-3H3;2*1H;/q;;;;+2/p-2. The van der Waals surface area contributed by atoms with Crippen LogP contribution >= 0.6 is 0 Å². The molecule has 0 radical (unpaired) electrons. The molecule has 0 aromatic heterocycles. The fourth-order valence-electron chi connectivity index (χ4n) is 1.02. The molecule has 68 valence electrons. The van der Waals surface area contributed by atoms with Gasteiger partial charge < -0.3 is 24.8 Å². The molecular formula is C9H14Cl2Ti. The van der Waals surface area contributed by atoms with E-state index in [-0.39, 0.29) is 44.0 Å². The van der Waals surface area contributed by atoms with Crippen molar-refractivity contribution in [1.82, 2.24) is 0 Å². The first-order valence-corrected chi connectivity index (χ1v) is 5.28. The van der Waals surface area contributed by atoms with Crippen molar-refractivity contribution < 1.29 is 44.0 Å². The van der Waals surface area contributed by atoms with E-state index >= 15 is 0 Å². The second-order valence-electron chi connectivity index (χ2n) is 3.70. The van der Waals surface area contributed by atoms with Gasteiger partial charge in [0.15, 0.2) is 0 Å². The molecule has 0 N–H and O–H groups in total. The smallest absolute Gasteiger partial charge is 1.00 e. The van der Waals surface area contributed by atoms with E-state index in [1.165, 1.54) is 6.42 Å². The summed E-state index contributed by atoms with van der Waals surface area (Å²) in [5.74, 6) is 0. The summed E-state index contributed by atoms with van der Waals surface area (Å²) in [6, 6.07) is 0. The first kappa shape index (κ1) is 15.3. The van der Waals surface area contributed by atoms with Gasteiger partial charge >= 0.3 is 72.2 Å². The first-order chi connectivity index (χ1) is 4.58. The van der Waals surface area contributed by atoms with E-state index < -0.39 is 0 Å². The molecule has 0 nitrogen and oxygen atoms in total. The van der Waals surface area contributed by atoms with Gasteiger partial charge in [-0.1, -0.05) is 0 Å². The molecule has 0 fully saturated rings. The Labute approximate surface area is 96.6 Å². The SMILES string of the molecule is C[C](C)(C)[Ti+2][C]1=CC=CC1.[Cl-].[Cl-]. The summed E-state index contributed by atoms with van der Waals surface area (Å²) in [5.41, 5.74) is 0. The van der Waals surface area contributed by atoms with Gasteiger partial charge in [0.1, 0.15) is 0 Å². The number of hydrogen-bond donors (Lipinski definition) is 0. The predicted octanol–water partition coefficient (Wildman–Crippen LogP) is -2.86. The van der Waals surface area contributed by atoms with Crippen molar-refractivity contribution >= 4 is 0 Å². The van der Waals surface area contributed by atoms with Crippen molar-refractivity contribution in [1.29, 1.82) is 0 Å². The van der Waals surface area contributed by atoms with Crippen LogP contribution in [0.4, 0.5) is 0 Å². The predicted molar refractivity (Wildman–Crippen MR) is 41.6 cm³/mol. The minimum atomic E-state index is 0. The Hall–Kier alpha value is 0.774. The van der Waals surface area contributed by atoms with E-state index in [9.17, 15) is 0 Å². The zero-order valence-corrected chi connectivity index (χ0v) is 10.8. The maximum atomic E-state index is 2.34. The normalized spacial score (nSPS) is 14.1. The molecule has 0 unspecified atom stereocenters. The summed E-state index contributed by atoms with van der Waals surface area (Å²) in [5, 5.41) is 0. The van der Waals surface area contributed by atoms with E-state index in [4.69, 9.17) is 0 Å². The van der Waals surface area contributed by atoms with Crippen molar-refractivity contribution in [2.75, 3.05) is 0 Å². The van der Waals surface area contributed by atoms with Gasteiger partial charge in [-0.15, -0.1) is 0 Å². The van der Waals surface area contributed by atoms with Crippen LogP contribution < -0.4 is 24.8 Å². The Balaban J connectivity index is 0. The van der Waals surface area contributed by atoms with Crippen molar-refractivity contribution in [2.45, 2.75) is 30.9 Å². The first-order valence-electron chi connectivity index (χ1n) is 3.72. The van der Waals surface area contributed by atoms with Gasteiger partial charge in [0, 0.05) is 0 Å². The van der Waals surface area contributed by atoms with Crippen molar-refractivity contribution in [3.8, 4) is 0 Å². The molecule has 0 aromatic carbocycles. The molecular weight excluding hydrogens is 227 g/mol. The second-order valence-corrected chi connectivity index (χ2v) is 7.43. The minimum Gasteiger partial charge on any atom is -1.00 e. The topological polar surface area (TPSA) is 0 Å². The third-order valence-electron chi connectivity index (χ3n) is 1.31. The van der Waals surface area contributed by atoms with E-state index in [2.05, 4.69) is 39.0 Å². The maximum Gasteiger partial charge on any atom is -1.00 e. The van der Waals surface area contributed by atoms with Gasteiger partial charge in [0.25, 0.3) is 0 Å². The summed E-state index contributed by atoms with van der Waals surface area (Å²) in [4.78, 5) is 0. The molecule has 12 heavy (non-hydrogen) atoms. The van der Waals surface area contributed by atoms with Gasteiger partial charge in [-0.25, -0.2) is 0 Å². The van der Waals surface area contributed by atoms with Crippen LogP contribution in [0.3, 0.4) is 0 Å². The number of allylic oxidation sites excluding steroid dienone is 4. The molecule has 0 bridgehead atoms. The average Bonchev–Trinajstić information content (AvgIpc) is 2.12. The van der Waals surface area contributed by atoms with E-state index in [0.717, 1.165) is 0 Å². The third kappa shape index (κ3) is 6.31. The van der Waals surface area contributed by atoms with Crippen LogP contribution in [0.2, 0.25) is 3.72 Å². The van der Waals surface area contributed by atoms with Crippen molar-refractivity contribution in [3.05, 3.63) is 22.1 Å². The van der Waals surface area contributed by atoms with Crippen molar-refractivity contribution in [2.24, 2.45) is 0 Å². The molecule has 1 aliphatic carbocycles. The monoisotopic (exact) mass is 240 g/mol. The summed E-state index contributed by atoms with van der Waals surface area (Å²) >= 11 is 0.146. The van der Waals surface area contributed by atoms with E-state index in [0.29, 0.717) is 3.72 Å². The van der Waals surface area contributed by atoms with Crippen LogP contribution in [-0.2, 0) is 19.2 Å². The molecule has 0 aliphatic heterocycles. The molecule has 1 aliphatic rings. The van der Waals surface area contributed by atoms with Crippen LogP contribution in [0, 0.1) is 0 Å². The summed E-state index contributed by atoms with van der Waals surface area (Å²) < 4.78 is 2.28. The number of hydrogen-bond acceptors (Lipinski definition) is 0. The third-order valence-corrected chi connectivity index (χ3v) is 3.56.